The molecular formula is C12H8BrN5. The summed E-state index contributed by atoms with van der Waals surface area (Å²) in [6.45, 7) is 0.252. The average molecular weight is 302 g/mol. The first-order valence-electron chi connectivity index (χ1n) is 5.35. The van der Waals surface area contributed by atoms with Gasteiger partial charge in [-0.3, -0.25) is 4.98 Å². The average Bonchev–Trinajstić information content (AvgIpc) is 2.75. The molecule has 0 aliphatic rings. The Morgan fingerprint density at radius 1 is 1.33 bits per heavy atom. The number of nitrogens with one attached hydrogen (secondary N) is 1. The van der Waals surface area contributed by atoms with Crippen LogP contribution in [0.5, 0.6) is 0 Å². The number of hydrogen-bond acceptors (Lipinski definition) is 2. The van der Waals surface area contributed by atoms with Crippen LogP contribution in [0.15, 0.2) is 40.0 Å². The minimum Gasteiger partial charge on any atom is -0.353 e. The minimum atomic E-state index is 0.252. The van der Waals surface area contributed by atoms with E-state index in [1.54, 1.807) is 6.20 Å². The third-order valence-electron chi connectivity index (χ3n) is 2.84. The Hall–Kier alpha value is -2.04. The number of pyridine rings is 1. The van der Waals surface area contributed by atoms with E-state index in [0.717, 1.165) is 32.0 Å². The fourth-order valence-electron chi connectivity index (χ4n) is 2.07. The molecule has 0 aliphatic heterocycles. The lowest BCUT2D eigenvalue weighted by Gasteiger charge is -1.97. The summed E-state index contributed by atoms with van der Waals surface area (Å²) in [6, 6.07) is 8.01. The highest BCUT2D eigenvalue weighted by atomic mass is 79.9. The molecule has 0 aliphatic carbocycles. The molecule has 0 radical (unpaired) electrons. The lowest BCUT2D eigenvalue weighted by atomic mass is 10.1. The van der Waals surface area contributed by atoms with Gasteiger partial charge in [-0.2, -0.15) is 0 Å². The second-order valence-corrected chi connectivity index (χ2v) is 4.80. The van der Waals surface area contributed by atoms with Crippen LogP contribution in [0, 0.1) is 0 Å². The molecule has 0 amide bonds. The Balaban J connectivity index is 2.35. The van der Waals surface area contributed by atoms with Crippen LogP contribution in [0.3, 0.4) is 0 Å². The van der Waals surface area contributed by atoms with Crippen molar-refractivity contribution in [2.45, 2.75) is 6.54 Å². The highest BCUT2D eigenvalue weighted by Gasteiger charge is 2.08. The predicted octanol–water partition coefficient (Wildman–Crippen LogP) is 4.29. The van der Waals surface area contributed by atoms with Crippen LogP contribution in [-0.2, 0) is 6.54 Å². The lowest BCUT2D eigenvalue weighted by molar-refractivity contribution is 0.988. The van der Waals surface area contributed by atoms with Gasteiger partial charge in [0.2, 0.25) is 0 Å². The molecule has 0 spiro atoms. The van der Waals surface area contributed by atoms with Crippen molar-refractivity contribution in [3.63, 3.8) is 0 Å². The molecule has 3 aromatic rings. The van der Waals surface area contributed by atoms with Crippen molar-refractivity contribution in [2.24, 2.45) is 5.11 Å². The molecule has 0 fully saturated rings. The predicted molar refractivity (Wildman–Crippen MR) is 74.1 cm³/mol. The van der Waals surface area contributed by atoms with Gasteiger partial charge in [0, 0.05) is 31.9 Å². The summed E-state index contributed by atoms with van der Waals surface area (Å²) in [6.07, 6.45) is 1.73. The third-order valence-corrected chi connectivity index (χ3v) is 3.34. The molecular weight excluding hydrogens is 294 g/mol. The molecule has 1 N–H and O–H groups in total. The number of hydrogen-bond donors (Lipinski definition) is 1. The van der Waals surface area contributed by atoms with Crippen molar-refractivity contribution in [3.05, 3.63) is 51.1 Å². The second-order valence-electron chi connectivity index (χ2n) is 3.88. The van der Waals surface area contributed by atoms with Crippen molar-refractivity contribution in [1.29, 1.82) is 0 Å². The van der Waals surface area contributed by atoms with E-state index >= 15 is 0 Å². The largest absolute Gasteiger partial charge is 0.353 e. The molecule has 5 nitrogen and oxygen atoms in total. The summed E-state index contributed by atoms with van der Waals surface area (Å²) >= 11 is 3.47. The zero-order valence-corrected chi connectivity index (χ0v) is 10.8. The van der Waals surface area contributed by atoms with Crippen molar-refractivity contribution >= 4 is 37.7 Å². The first kappa shape index (κ1) is 11.1. The van der Waals surface area contributed by atoms with E-state index in [9.17, 15) is 0 Å². The number of rotatable bonds is 2. The standard InChI is InChI=1S/C12H8BrN5/c13-7-1-2-10-9(5-7)8-3-4-15-11(6-16-18-14)12(8)17-10/h1-5,17H,6H2. The molecule has 2 heterocycles. The van der Waals surface area contributed by atoms with Gasteiger partial charge in [0.25, 0.3) is 0 Å². The van der Waals surface area contributed by atoms with Crippen LogP contribution < -0.4 is 0 Å². The van der Waals surface area contributed by atoms with Crippen LogP contribution in [0.1, 0.15) is 5.69 Å². The van der Waals surface area contributed by atoms with Gasteiger partial charge in [-0.15, -0.1) is 0 Å². The van der Waals surface area contributed by atoms with Gasteiger partial charge in [0.05, 0.1) is 17.8 Å². The van der Waals surface area contributed by atoms with Gasteiger partial charge in [0.1, 0.15) is 0 Å². The van der Waals surface area contributed by atoms with Crippen molar-refractivity contribution in [1.82, 2.24) is 9.97 Å². The topological polar surface area (TPSA) is 77.4 Å². The number of benzene rings is 1. The maximum Gasteiger partial charge on any atom is 0.0705 e. The summed E-state index contributed by atoms with van der Waals surface area (Å²) in [4.78, 5) is 10.3. The number of aromatic nitrogens is 2. The Kier molecular flexibility index (Phi) is 2.66. The molecule has 3 rings (SSSR count). The van der Waals surface area contributed by atoms with Gasteiger partial charge in [-0.1, -0.05) is 21.0 Å². The quantitative estimate of drug-likeness (QED) is 0.428. The molecule has 1 aromatic carbocycles. The van der Waals surface area contributed by atoms with E-state index in [2.05, 4.69) is 42.0 Å². The van der Waals surface area contributed by atoms with Gasteiger partial charge < -0.3 is 4.98 Å². The highest BCUT2D eigenvalue weighted by molar-refractivity contribution is 9.10. The van der Waals surface area contributed by atoms with Crippen molar-refractivity contribution in [2.75, 3.05) is 0 Å². The molecule has 18 heavy (non-hydrogen) atoms. The minimum absolute atomic E-state index is 0.252. The molecule has 0 bridgehead atoms. The van der Waals surface area contributed by atoms with Crippen molar-refractivity contribution < 1.29 is 0 Å². The molecule has 88 valence electrons. The highest BCUT2D eigenvalue weighted by Crippen LogP contribution is 2.29. The van der Waals surface area contributed by atoms with Crippen LogP contribution in [-0.4, -0.2) is 9.97 Å². The molecule has 0 atom stereocenters. The van der Waals surface area contributed by atoms with Gasteiger partial charge in [0.15, 0.2) is 0 Å². The fourth-order valence-corrected chi connectivity index (χ4v) is 2.43. The number of H-pyrrole nitrogens is 1. The summed E-state index contributed by atoms with van der Waals surface area (Å²) in [5, 5.41) is 5.78. The van der Waals surface area contributed by atoms with Crippen LogP contribution in [0.4, 0.5) is 0 Å². The van der Waals surface area contributed by atoms with E-state index in [-0.39, 0.29) is 6.54 Å². The summed E-state index contributed by atoms with van der Waals surface area (Å²) in [7, 11) is 0. The lowest BCUT2D eigenvalue weighted by Crippen LogP contribution is -1.87. The second kappa shape index (κ2) is 4.33. The Morgan fingerprint density at radius 3 is 3.06 bits per heavy atom. The van der Waals surface area contributed by atoms with Gasteiger partial charge >= 0.3 is 0 Å². The molecule has 0 saturated carbocycles. The van der Waals surface area contributed by atoms with Crippen molar-refractivity contribution in [3.8, 4) is 0 Å². The zero-order chi connectivity index (χ0) is 12.5. The van der Waals surface area contributed by atoms with Gasteiger partial charge in [-0.05, 0) is 29.8 Å². The van der Waals surface area contributed by atoms with Gasteiger partial charge in [-0.25, -0.2) is 0 Å². The van der Waals surface area contributed by atoms with Crippen LogP contribution in [0.2, 0.25) is 0 Å². The smallest absolute Gasteiger partial charge is 0.0705 e. The third kappa shape index (κ3) is 1.72. The number of aromatic amines is 1. The first-order chi connectivity index (χ1) is 8.79. The number of nitrogens with zero attached hydrogens (tertiary/aromatic N) is 4. The summed E-state index contributed by atoms with van der Waals surface area (Å²) < 4.78 is 1.03. The van der Waals surface area contributed by atoms with E-state index < -0.39 is 0 Å². The summed E-state index contributed by atoms with van der Waals surface area (Å²) in [5.41, 5.74) is 11.1. The van der Waals surface area contributed by atoms with E-state index in [1.165, 1.54) is 0 Å². The van der Waals surface area contributed by atoms with Crippen LogP contribution >= 0.6 is 15.9 Å². The number of azide groups is 1. The molecule has 0 unspecified atom stereocenters. The molecule has 6 heteroatoms. The monoisotopic (exact) mass is 301 g/mol. The number of fused-ring (bicyclic) bond motifs is 3. The first-order valence-corrected chi connectivity index (χ1v) is 6.14. The molecule has 2 aromatic heterocycles. The van der Waals surface area contributed by atoms with Crippen LogP contribution in [0.25, 0.3) is 32.2 Å². The van der Waals surface area contributed by atoms with E-state index in [0.29, 0.717) is 0 Å². The summed E-state index contributed by atoms with van der Waals surface area (Å²) in [5.74, 6) is 0. The van der Waals surface area contributed by atoms with E-state index in [4.69, 9.17) is 5.53 Å². The zero-order valence-electron chi connectivity index (χ0n) is 9.26. The maximum absolute atomic E-state index is 8.39. The number of halogens is 1. The van der Waals surface area contributed by atoms with E-state index in [1.807, 2.05) is 18.2 Å². The Labute approximate surface area is 111 Å². The normalized spacial score (nSPS) is 10.7. The Bertz CT molecular complexity index is 786. The molecule has 0 saturated heterocycles. The fraction of sp³-hybridized carbons (Fsp3) is 0.0833. The maximum atomic E-state index is 8.39. The Morgan fingerprint density at radius 2 is 2.22 bits per heavy atom. The SMILES string of the molecule is [N-]=[N+]=NCc1nccc2c1[nH]c1ccc(Br)cc12.